The number of nitrogens with zero attached hydrogens (tertiary/aromatic N) is 3. The van der Waals surface area contributed by atoms with Crippen molar-refractivity contribution in [2.45, 2.75) is 18.9 Å². The maximum absolute atomic E-state index is 10.7. The average Bonchev–Trinajstić information content (AvgIpc) is 2.47. The van der Waals surface area contributed by atoms with Crippen LogP contribution < -0.4 is 4.90 Å². The topological polar surface area (TPSA) is 79.5 Å². The van der Waals surface area contributed by atoms with Gasteiger partial charge in [0, 0.05) is 30.6 Å². The number of fused-ring (bicyclic) bond motifs is 1. The number of rotatable bonds is 2. The van der Waals surface area contributed by atoms with E-state index in [9.17, 15) is 15.2 Å². The van der Waals surface area contributed by atoms with Gasteiger partial charge in [0.25, 0.3) is 5.69 Å². The van der Waals surface area contributed by atoms with Crippen molar-refractivity contribution >= 4 is 22.4 Å². The average molecular weight is 273 g/mol. The van der Waals surface area contributed by atoms with Crippen LogP contribution in [0.1, 0.15) is 12.8 Å². The number of aliphatic hydroxyl groups is 1. The zero-order chi connectivity index (χ0) is 14.1. The second-order valence-corrected chi connectivity index (χ2v) is 5.02. The number of pyridine rings is 1. The lowest BCUT2D eigenvalue weighted by atomic mass is 10.1. The zero-order valence-electron chi connectivity index (χ0n) is 10.9. The molecule has 2 aromatic rings. The first kappa shape index (κ1) is 12.8. The summed E-state index contributed by atoms with van der Waals surface area (Å²) in [6.07, 6.45) is 1.29. The van der Waals surface area contributed by atoms with Crippen LogP contribution in [0.3, 0.4) is 0 Å². The predicted octanol–water partition coefficient (Wildman–Crippen LogP) is 2.10. The van der Waals surface area contributed by atoms with Crippen LogP contribution in [0.25, 0.3) is 10.9 Å². The summed E-state index contributed by atoms with van der Waals surface area (Å²) in [4.78, 5) is 17.0. The van der Waals surface area contributed by atoms with Gasteiger partial charge in [-0.05, 0) is 31.0 Å². The van der Waals surface area contributed by atoms with Crippen LogP contribution in [-0.2, 0) is 0 Å². The van der Waals surface area contributed by atoms with E-state index in [0.29, 0.717) is 0 Å². The highest BCUT2D eigenvalue weighted by Gasteiger charge is 2.18. The second kappa shape index (κ2) is 5.05. The largest absolute Gasteiger partial charge is 0.393 e. The fourth-order valence-electron chi connectivity index (χ4n) is 2.49. The van der Waals surface area contributed by atoms with Crippen molar-refractivity contribution in [2.24, 2.45) is 0 Å². The summed E-state index contributed by atoms with van der Waals surface area (Å²) in [5, 5.41) is 21.0. The number of aromatic nitrogens is 1. The van der Waals surface area contributed by atoms with Crippen LogP contribution in [0, 0.1) is 10.1 Å². The molecule has 0 radical (unpaired) electrons. The first-order valence-corrected chi connectivity index (χ1v) is 6.62. The third kappa shape index (κ3) is 2.42. The quantitative estimate of drug-likeness (QED) is 0.669. The summed E-state index contributed by atoms with van der Waals surface area (Å²) in [5.41, 5.74) is 0.826. The molecule has 3 rings (SSSR count). The summed E-state index contributed by atoms with van der Waals surface area (Å²) in [6, 6.07) is 8.42. The summed E-state index contributed by atoms with van der Waals surface area (Å²) in [6.45, 7) is 1.57. The molecule has 1 aliphatic rings. The first-order valence-electron chi connectivity index (χ1n) is 6.62. The number of piperidine rings is 1. The molecule has 0 bridgehead atoms. The first-order chi connectivity index (χ1) is 9.63. The normalized spacial score (nSPS) is 16.6. The molecule has 1 fully saturated rings. The monoisotopic (exact) mass is 273 g/mol. The Morgan fingerprint density at radius 2 is 2.00 bits per heavy atom. The van der Waals surface area contributed by atoms with E-state index in [-0.39, 0.29) is 11.8 Å². The summed E-state index contributed by atoms with van der Waals surface area (Å²) in [7, 11) is 0. The molecule has 1 aromatic heterocycles. The maximum atomic E-state index is 10.7. The lowest BCUT2D eigenvalue weighted by Gasteiger charge is -2.30. The third-order valence-electron chi connectivity index (χ3n) is 3.66. The van der Waals surface area contributed by atoms with Crippen molar-refractivity contribution in [3.63, 3.8) is 0 Å². The molecule has 0 saturated carbocycles. The highest BCUT2D eigenvalue weighted by atomic mass is 16.6. The number of anilines is 1. The van der Waals surface area contributed by atoms with Crippen molar-refractivity contribution in [1.82, 2.24) is 4.98 Å². The van der Waals surface area contributed by atoms with Crippen molar-refractivity contribution in [2.75, 3.05) is 18.0 Å². The van der Waals surface area contributed by atoms with E-state index in [1.165, 1.54) is 12.1 Å². The molecule has 0 spiro atoms. The lowest BCUT2D eigenvalue weighted by molar-refractivity contribution is -0.384. The van der Waals surface area contributed by atoms with Crippen LogP contribution in [-0.4, -0.2) is 34.2 Å². The maximum Gasteiger partial charge on any atom is 0.270 e. The molecule has 1 aliphatic heterocycles. The predicted molar refractivity (Wildman–Crippen MR) is 75.9 cm³/mol. The molecular weight excluding hydrogens is 258 g/mol. The number of hydrogen-bond acceptors (Lipinski definition) is 5. The molecule has 0 amide bonds. The number of hydrogen-bond donors (Lipinski definition) is 1. The standard InChI is InChI=1S/C14H15N3O3/c18-12-5-7-16(8-6-12)14-4-1-10-9-11(17(19)20)2-3-13(10)15-14/h1-4,9,12,18H,5-8H2. The van der Waals surface area contributed by atoms with Crippen LogP contribution in [0.4, 0.5) is 11.5 Å². The summed E-state index contributed by atoms with van der Waals surface area (Å²) < 4.78 is 0. The number of nitro benzene ring substituents is 1. The molecule has 1 N–H and O–H groups in total. The minimum absolute atomic E-state index is 0.0770. The number of non-ortho nitro benzene ring substituents is 1. The molecule has 104 valence electrons. The molecular formula is C14H15N3O3. The molecule has 6 heteroatoms. The van der Waals surface area contributed by atoms with Gasteiger partial charge in [-0.25, -0.2) is 4.98 Å². The van der Waals surface area contributed by atoms with Crippen LogP contribution in [0.5, 0.6) is 0 Å². The molecule has 2 heterocycles. The van der Waals surface area contributed by atoms with Crippen molar-refractivity contribution in [1.29, 1.82) is 0 Å². The summed E-state index contributed by atoms with van der Waals surface area (Å²) in [5.74, 6) is 0.859. The minimum Gasteiger partial charge on any atom is -0.393 e. The summed E-state index contributed by atoms with van der Waals surface area (Å²) >= 11 is 0. The Morgan fingerprint density at radius 3 is 2.70 bits per heavy atom. The molecule has 1 aromatic carbocycles. The third-order valence-corrected chi connectivity index (χ3v) is 3.66. The highest BCUT2D eigenvalue weighted by Crippen LogP contribution is 2.24. The Labute approximate surface area is 115 Å². The number of benzene rings is 1. The Kier molecular flexibility index (Phi) is 3.23. The molecule has 0 unspecified atom stereocenters. The Hall–Kier alpha value is -2.21. The number of aliphatic hydroxyl groups excluding tert-OH is 1. The highest BCUT2D eigenvalue weighted by molar-refractivity contribution is 5.82. The van der Waals surface area contributed by atoms with Gasteiger partial charge in [-0.2, -0.15) is 0 Å². The fourth-order valence-corrected chi connectivity index (χ4v) is 2.49. The van der Waals surface area contributed by atoms with Crippen LogP contribution in [0.2, 0.25) is 0 Å². The van der Waals surface area contributed by atoms with E-state index in [0.717, 1.165) is 42.7 Å². The van der Waals surface area contributed by atoms with Gasteiger partial charge in [0.2, 0.25) is 0 Å². The molecule has 20 heavy (non-hydrogen) atoms. The van der Waals surface area contributed by atoms with Gasteiger partial charge in [0.05, 0.1) is 16.5 Å². The van der Waals surface area contributed by atoms with E-state index >= 15 is 0 Å². The fraction of sp³-hybridized carbons (Fsp3) is 0.357. The second-order valence-electron chi connectivity index (χ2n) is 5.02. The molecule has 0 atom stereocenters. The van der Waals surface area contributed by atoms with E-state index in [1.54, 1.807) is 6.07 Å². The molecule has 0 aliphatic carbocycles. The van der Waals surface area contributed by atoms with Gasteiger partial charge < -0.3 is 10.0 Å². The van der Waals surface area contributed by atoms with Crippen LogP contribution >= 0.6 is 0 Å². The van der Waals surface area contributed by atoms with Crippen molar-refractivity contribution in [3.05, 3.63) is 40.4 Å². The SMILES string of the molecule is O=[N+]([O-])c1ccc2nc(N3CCC(O)CC3)ccc2c1. The van der Waals surface area contributed by atoms with Gasteiger partial charge in [-0.3, -0.25) is 10.1 Å². The van der Waals surface area contributed by atoms with E-state index in [2.05, 4.69) is 9.88 Å². The van der Waals surface area contributed by atoms with Crippen LogP contribution in [0.15, 0.2) is 30.3 Å². The van der Waals surface area contributed by atoms with E-state index in [4.69, 9.17) is 0 Å². The van der Waals surface area contributed by atoms with Gasteiger partial charge in [0.1, 0.15) is 5.82 Å². The van der Waals surface area contributed by atoms with E-state index < -0.39 is 4.92 Å². The Balaban J connectivity index is 1.91. The van der Waals surface area contributed by atoms with Crippen molar-refractivity contribution in [3.8, 4) is 0 Å². The number of nitro groups is 1. The minimum atomic E-state index is -0.403. The van der Waals surface area contributed by atoms with E-state index in [1.807, 2.05) is 12.1 Å². The van der Waals surface area contributed by atoms with Gasteiger partial charge in [-0.15, -0.1) is 0 Å². The van der Waals surface area contributed by atoms with Gasteiger partial charge in [0.15, 0.2) is 0 Å². The van der Waals surface area contributed by atoms with Gasteiger partial charge >= 0.3 is 0 Å². The molecule has 1 saturated heterocycles. The molecule has 6 nitrogen and oxygen atoms in total. The van der Waals surface area contributed by atoms with Gasteiger partial charge in [-0.1, -0.05) is 0 Å². The lowest BCUT2D eigenvalue weighted by Crippen LogP contribution is -2.36. The Bertz CT molecular complexity index is 651. The zero-order valence-corrected chi connectivity index (χ0v) is 10.9. The van der Waals surface area contributed by atoms with Crippen molar-refractivity contribution < 1.29 is 10.0 Å². The Morgan fingerprint density at radius 1 is 1.25 bits per heavy atom. The smallest absolute Gasteiger partial charge is 0.270 e.